The van der Waals surface area contributed by atoms with E-state index in [0.29, 0.717) is 6.04 Å². The Morgan fingerprint density at radius 3 is 2.00 bits per heavy atom. The lowest BCUT2D eigenvalue weighted by Crippen LogP contribution is -2.44. The molecule has 0 spiro atoms. The van der Waals surface area contributed by atoms with Gasteiger partial charge < -0.3 is 10.0 Å². The summed E-state index contributed by atoms with van der Waals surface area (Å²) in [6, 6.07) is 0.609. The van der Waals surface area contributed by atoms with Gasteiger partial charge in [-0.1, -0.05) is 27.7 Å². The molecule has 86 valence electrons. The maximum absolute atomic E-state index is 9.65. The van der Waals surface area contributed by atoms with Gasteiger partial charge in [0.25, 0.3) is 0 Å². The highest BCUT2D eigenvalue weighted by molar-refractivity contribution is 4.80. The molecule has 2 nitrogen and oxygen atoms in total. The van der Waals surface area contributed by atoms with Crippen molar-refractivity contribution in [2.45, 2.75) is 60.1 Å². The lowest BCUT2D eigenvalue weighted by atomic mass is 9.86. The molecule has 14 heavy (non-hydrogen) atoms. The Balaban J connectivity index is 4.30. The fourth-order valence-electron chi connectivity index (χ4n) is 1.49. The van der Waals surface area contributed by atoms with Crippen molar-refractivity contribution in [2.75, 3.05) is 13.1 Å². The largest absolute Gasteiger partial charge is 0.393 e. The third-order valence-electron chi connectivity index (χ3n) is 3.36. The van der Waals surface area contributed by atoms with Crippen molar-refractivity contribution in [1.82, 2.24) is 4.90 Å². The number of aliphatic hydroxyl groups is 1. The van der Waals surface area contributed by atoms with Gasteiger partial charge in [0.1, 0.15) is 0 Å². The van der Waals surface area contributed by atoms with Crippen LogP contribution in [0.5, 0.6) is 0 Å². The zero-order chi connectivity index (χ0) is 11.4. The molecule has 0 aliphatic heterocycles. The molecule has 0 amide bonds. The van der Waals surface area contributed by atoms with E-state index >= 15 is 0 Å². The van der Waals surface area contributed by atoms with Crippen LogP contribution in [0.15, 0.2) is 0 Å². The average Bonchev–Trinajstić information content (AvgIpc) is 2.12. The summed E-state index contributed by atoms with van der Waals surface area (Å²) in [4.78, 5) is 2.44. The van der Waals surface area contributed by atoms with E-state index in [1.165, 1.54) is 6.42 Å². The molecule has 0 saturated carbocycles. The van der Waals surface area contributed by atoms with Gasteiger partial charge in [-0.2, -0.15) is 0 Å². The van der Waals surface area contributed by atoms with E-state index in [4.69, 9.17) is 0 Å². The normalized spacial score (nSPS) is 17.1. The molecule has 2 atom stereocenters. The van der Waals surface area contributed by atoms with Gasteiger partial charge in [0.15, 0.2) is 0 Å². The summed E-state index contributed by atoms with van der Waals surface area (Å²) in [6.45, 7) is 14.8. The first kappa shape index (κ1) is 13.9. The average molecular weight is 201 g/mol. The predicted molar refractivity (Wildman–Crippen MR) is 62.5 cm³/mol. The summed E-state index contributed by atoms with van der Waals surface area (Å²) < 4.78 is 0. The Kier molecular flexibility index (Phi) is 5.68. The molecule has 0 bridgehead atoms. The second-order valence-corrected chi connectivity index (χ2v) is 4.98. The van der Waals surface area contributed by atoms with Gasteiger partial charge in [0.05, 0.1) is 6.10 Å². The zero-order valence-corrected chi connectivity index (χ0v) is 10.7. The molecular formula is C12H27NO. The fraction of sp³-hybridized carbons (Fsp3) is 1.00. The third-order valence-corrected chi connectivity index (χ3v) is 3.36. The van der Waals surface area contributed by atoms with Crippen molar-refractivity contribution >= 4 is 0 Å². The van der Waals surface area contributed by atoms with Crippen LogP contribution in [0.3, 0.4) is 0 Å². The van der Waals surface area contributed by atoms with Crippen molar-refractivity contribution in [3.63, 3.8) is 0 Å². The van der Waals surface area contributed by atoms with Crippen LogP contribution in [0.25, 0.3) is 0 Å². The predicted octanol–water partition coefficient (Wildman–Crippen LogP) is 2.51. The number of hydrogen-bond acceptors (Lipinski definition) is 2. The third kappa shape index (κ3) is 3.97. The van der Waals surface area contributed by atoms with Crippen LogP contribution in [0, 0.1) is 5.41 Å². The maximum atomic E-state index is 9.65. The van der Waals surface area contributed by atoms with E-state index < -0.39 is 0 Å². The molecule has 0 rings (SSSR count). The molecular weight excluding hydrogens is 174 g/mol. The Bertz CT molecular complexity index is 154. The molecule has 0 saturated heterocycles. The second kappa shape index (κ2) is 5.72. The molecule has 0 heterocycles. The molecule has 0 aromatic rings. The molecule has 2 heteroatoms. The molecule has 0 fully saturated rings. The number of rotatable bonds is 6. The van der Waals surface area contributed by atoms with Crippen LogP contribution < -0.4 is 0 Å². The second-order valence-electron chi connectivity index (χ2n) is 4.98. The van der Waals surface area contributed by atoms with Gasteiger partial charge in [-0.15, -0.1) is 0 Å². The van der Waals surface area contributed by atoms with Crippen LogP contribution in [0.1, 0.15) is 48.0 Å². The number of nitrogens with zero attached hydrogens (tertiary/aromatic N) is 1. The van der Waals surface area contributed by atoms with Crippen molar-refractivity contribution in [2.24, 2.45) is 5.41 Å². The highest BCUT2D eigenvalue weighted by Gasteiger charge is 2.27. The van der Waals surface area contributed by atoms with E-state index in [0.717, 1.165) is 13.1 Å². The van der Waals surface area contributed by atoms with E-state index in [2.05, 4.69) is 39.5 Å². The molecule has 0 aliphatic carbocycles. The minimum Gasteiger partial charge on any atom is -0.393 e. The highest BCUT2D eigenvalue weighted by Crippen LogP contribution is 2.23. The van der Waals surface area contributed by atoms with Crippen LogP contribution >= 0.6 is 0 Å². The lowest BCUT2D eigenvalue weighted by molar-refractivity contribution is 0.0252. The van der Waals surface area contributed by atoms with Crippen LogP contribution in [0.4, 0.5) is 0 Å². The molecule has 2 unspecified atom stereocenters. The molecule has 0 aromatic carbocycles. The van der Waals surface area contributed by atoms with Crippen molar-refractivity contribution in [3.05, 3.63) is 0 Å². The summed E-state index contributed by atoms with van der Waals surface area (Å²) in [5.41, 5.74) is -0.0144. The van der Waals surface area contributed by atoms with Gasteiger partial charge >= 0.3 is 0 Å². The molecule has 0 aromatic heterocycles. The van der Waals surface area contributed by atoms with E-state index in [-0.39, 0.29) is 11.5 Å². The smallest absolute Gasteiger partial charge is 0.0575 e. The van der Waals surface area contributed by atoms with Gasteiger partial charge in [0, 0.05) is 18.0 Å². The monoisotopic (exact) mass is 201 g/mol. The van der Waals surface area contributed by atoms with E-state index in [1.807, 2.05) is 6.92 Å². The topological polar surface area (TPSA) is 23.5 Å². The van der Waals surface area contributed by atoms with Gasteiger partial charge in [-0.3, -0.25) is 0 Å². The first-order valence-electron chi connectivity index (χ1n) is 5.77. The minimum absolute atomic E-state index is 0.0144. The molecule has 1 N–H and O–H groups in total. The molecule has 0 radical (unpaired) electrons. The fourth-order valence-corrected chi connectivity index (χ4v) is 1.49. The quantitative estimate of drug-likeness (QED) is 0.714. The number of hydrogen-bond donors (Lipinski definition) is 1. The summed E-state index contributed by atoms with van der Waals surface area (Å²) in [5, 5.41) is 9.65. The Morgan fingerprint density at radius 1 is 1.21 bits per heavy atom. The van der Waals surface area contributed by atoms with E-state index in [1.54, 1.807) is 0 Å². The van der Waals surface area contributed by atoms with Crippen LogP contribution in [0.2, 0.25) is 0 Å². The minimum atomic E-state index is -0.249. The van der Waals surface area contributed by atoms with Crippen LogP contribution in [-0.2, 0) is 0 Å². The van der Waals surface area contributed by atoms with Crippen molar-refractivity contribution in [3.8, 4) is 0 Å². The Labute approximate surface area is 89.3 Å². The van der Waals surface area contributed by atoms with E-state index in [9.17, 15) is 5.11 Å². The summed E-state index contributed by atoms with van der Waals surface area (Å²) in [5.74, 6) is 0. The Hall–Kier alpha value is -0.0800. The summed E-state index contributed by atoms with van der Waals surface area (Å²) in [6.07, 6.45) is 0.921. The van der Waals surface area contributed by atoms with Gasteiger partial charge in [-0.25, -0.2) is 0 Å². The first-order chi connectivity index (χ1) is 6.35. The zero-order valence-electron chi connectivity index (χ0n) is 10.7. The number of aliphatic hydroxyl groups excluding tert-OH is 1. The molecule has 0 aliphatic rings. The Morgan fingerprint density at radius 2 is 1.71 bits per heavy atom. The SMILES string of the molecule is CCC(C)N(CC)CC(C)(C)C(C)O. The van der Waals surface area contributed by atoms with Crippen LogP contribution in [-0.4, -0.2) is 35.2 Å². The van der Waals surface area contributed by atoms with Gasteiger partial charge in [0.2, 0.25) is 0 Å². The van der Waals surface area contributed by atoms with Crippen molar-refractivity contribution in [1.29, 1.82) is 0 Å². The standard InChI is InChI=1S/C12H27NO/c1-7-10(3)13(8-2)9-12(5,6)11(4)14/h10-11,14H,7-9H2,1-6H3. The van der Waals surface area contributed by atoms with Gasteiger partial charge in [-0.05, 0) is 26.8 Å². The van der Waals surface area contributed by atoms with Crippen molar-refractivity contribution < 1.29 is 5.11 Å². The highest BCUT2D eigenvalue weighted by atomic mass is 16.3. The lowest BCUT2D eigenvalue weighted by Gasteiger charge is -2.37. The summed E-state index contributed by atoms with van der Waals surface area (Å²) >= 11 is 0. The maximum Gasteiger partial charge on any atom is 0.0575 e. The summed E-state index contributed by atoms with van der Waals surface area (Å²) in [7, 11) is 0. The first-order valence-corrected chi connectivity index (χ1v) is 5.77.